The molecule has 1 unspecified atom stereocenters. The molecule has 3 atom stereocenters. The Morgan fingerprint density at radius 3 is 2.40 bits per heavy atom. The minimum absolute atomic E-state index is 0.158. The van der Waals surface area contributed by atoms with Gasteiger partial charge in [0.05, 0.1) is 12.1 Å². The van der Waals surface area contributed by atoms with E-state index < -0.39 is 17.8 Å². The Labute approximate surface area is 91.0 Å². The Balaban J connectivity index is 2.39. The number of amides is 1. The van der Waals surface area contributed by atoms with E-state index in [4.69, 9.17) is 4.74 Å². The fourth-order valence-electron chi connectivity index (χ4n) is 1.88. The molecule has 0 saturated heterocycles. The zero-order chi connectivity index (χ0) is 11.6. The molecule has 88 valence electrons. The van der Waals surface area contributed by atoms with Crippen molar-refractivity contribution in [3.63, 3.8) is 0 Å². The molecule has 1 amide bonds. The first-order chi connectivity index (χ1) is 6.78. The molecule has 0 aromatic carbocycles. The maximum Gasteiger partial charge on any atom is 0.407 e. The summed E-state index contributed by atoms with van der Waals surface area (Å²) in [6, 6.07) is -0.158. The van der Waals surface area contributed by atoms with Crippen LogP contribution in [0.2, 0.25) is 0 Å². The van der Waals surface area contributed by atoms with Crippen LogP contribution >= 0.6 is 0 Å². The van der Waals surface area contributed by atoms with E-state index in [9.17, 15) is 9.90 Å². The first-order valence-corrected chi connectivity index (χ1v) is 5.45. The molecule has 1 aliphatic carbocycles. The van der Waals surface area contributed by atoms with Gasteiger partial charge in [0, 0.05) is 0 Å². The summed E-state index contributed by atoms with van der Waals surface area (Å²) in [6.45, 7) is 7.53. The van der Waals surface area contributed by atoms with E-state index in [1.54, 1.807) is 0 Å². The third kappa shape index (κ3) is 4.08. The molecule has 0 aliphatic heterocycles. The van der Waals surface area contributed by atoms with Gasteiger partial charge in [-0.3, -0.25) is 0 Å². The van der Waals surface area contributed by atoms with Crippen LogP contribution in [0, 0.1) is 5.92 Å². The lowest BCUT2D eigenvalue weighted by Gasteiger charge is -2.22. The molecule has 4 heteroatoms. The van der Waals surface area contributed by atoms with Gasteiger partial charge in [-0.15, -0.1) is 0 Å². The average Bonchev–Trinajstić information content (AvgIpc) is 2.25. The van der Waals surface area contributed by atoms with E-state index in [2.05, 4.69) is 12.2 Å². The van der Waals surface area contributed by atoms with E-state index in [0.29, 0.717) is 5.92 Å². The summed E-state index contributed by atoms with van der Waals surface area (Å²) in [6.07, 6.45) is 0.689. The fourth-order valence-corrected chi connectivity index (χ4v) is 1.88. The minimum atomic E-state index is -0.487. The largest absolute Gasteiger partial charge is 0.444 e. The Kier molecular flexibility index (Phi) is 3.60. The van der Waals surface area contributed by atoms with Crippen molar-refractivity contribution in [2.75, 3.05) is 0 Å². The number of hydrogen-bond acceptors (Lipinski definition) is 3. The Bertz CT molecular complexity index is 234. The molecule has 2 N–H and O–H groups in total. The van der Waals surface area contributed by atoms with Gasteiger partial charge in [-0.05, 0) is 39.5 Å². The van der Waals surface area contributed by atoms with Crippen LogP contribution < -0.4 is 5.32 Å². The number of aliphatic hydroxyl groups is 1. The number of carbonyl (C=O) groups is 1. The number of alkyl carbamates (subject to hydrolysis) is 1. The first-order valence-electron chi connectivity index (χ1n) is 5.45. The van der Waals surface area contributed by atoms with Crippen molar-refractivity contribution in [1.82, 2.24) is 5.32 Å². The van der Waals surface area contributed by atoms with E-state index in [1.807, 2.05) is 20.8 Å². The van der Waals surface area contributed by atoms with Crippen LogP contribution in [0.1, 0.15) is 40.5 Å². The molecule has 0 bridgehead atoms. The Morgan fingerprint density at radius 2 is 2.00 bits per heavy atom. The highest BCUT2D eigenvalue weighted by Crippen LogP contribution is 2.25. The molecule has 1 saturated carbocycles. The highest BCUT2D eigenvalue weighted by Gasteiger charge is 2.32. The monoisotopic (exact) mass is 215 g/mol. The minimum Gasteiger partial charge on any atom is -0.444 e. The molecule has 0 radical (unpaired) electrons. The summed E-state index contributed by atoms with van der Waals surface area (Å²) in [5.41, 5.74) is -0.487. The zero-order valence-electron chi connectivity index (χ0n) is 9.91. The summed E-state index contributed by atoms with van der Waals surface area (Å²) in [4.78, 5) is 11.4. The van der Waals surface area contributed by atoms with Crippen LogP contribution in [0.4, 0.5) is 4.79 Å². The van der Waals surface area contributed by atoms with Gasteiger partial charge in [0.1, 0.15) is 5.60 Å². The number of hydrogen-bond donors (Lipinski definition) is 2. The van der Waals surface area contributed by atoms with E-state index in [1.165, 1.54) is 0 Å². The molecule has 1 fully saturated rings. The smallest absolute Gasteiger partial charge is 0.407 e. The molecular formula is C11H21NO3. The molecule has 0 spiro atoms. The second kappa shape index (κ2) is 4.39. The molecule has 4 nitrogen and oxygen atoms in total. The summed E-state index contributed by atoms with van der Waals surface area (Å²) >= 11 is 0. The fraction of sp³-hybridized carbons (Fsp3) is 0.909. The van der Waals surface area contributed by atoms with Gasteiger partial charge in [-0.25, -0.2) is 4.79 Å². The highest BCUT2D eigenvalue weighted by atomic mass is 16.6. The first kappa shape index (κ1) is 12.3. The topological polar surface area (TPSA) is 58.6 Å². The van der Waals surface area contributed by atoms with Gasteiger partial charge < -0.3 is 15.2 Å². The second-order valence-corrected chi connectivity index (χ2v) is 5.40. The maximum atomic E-state index is 11.4. The number of ether oxygens (including phenoxy) is 1. The number of carbonyl (C=O) groups excluding carboxylic acids is 1. The van der Waals surface area contributed by atoms with Crippen molar-refractivity contribution in [3.05, 3.63) is 0 Å². The molecule has 15 heavy (non-hydrogen) atoms. The lowest BCUT2D eigenvalue weighted by molar-refractivity contribution is 0.0450. The summed E-state index contributed by atoms with van der Waals surface area (Å²) < 4.78 is 5.12. The molecule has 0 aromatic heterocycles. The van der Waals surface area contributed by atoms with Gasteiger partial charge in [0.15, 0.2) is 0 Å². The quantitative estimate of drug-likeness (QED) is 0.699. The highest BCUT2D eigenvalue weighted by molar-refractivity contribution is 5.68. The van der Waals surface area contributed by atoms with Crippen molar-refractivity contribution in [3.8, 4) is 0 Å². The van der Waals surface area contributed by atoms with Crippen LogP contribution in [0.25, 0.3) is 0 Å². The van der Waals surface area contributed by atoms with Crippen LogP contribution in [-0.4, -0.2) is 28.9 Å². The number of aliphatic hydroxyl groups excluding tert-OH is 1. The average molecular weight is 215 g/mol. The van der Waals surface area contributed by atoms with Crippen molar-refractivity contribution in [2.24, 2.45) is 5.92 Å². The summed E-state index contributed by atoms with van der Waals surface area (Å²) in [7, 11) is 0. The number of nitrogens with one attached hydrogen (secondary N) is 1. The lowest BCUT2D eigenvalue weighted by atomic mass is 10.1. The predicted molar refractivity (Wildman–Crippen MR) is 57.6 cm³/mol. The van der Waals surface area contributed by atoms with Crippen LogP contribution in [0.3, 0.4) is 0 Å². The normalized spacial score (nSPS) is 31.4. The van der Waals surface area contributed by atoms with Crippen molar-refractivity contribution in [2.45, 2.75) is 58.3 Å². The predicted octanol–water partition coefficient (Wildman–Crippen LogP) is 1.67. The van der Waals surface area contributed by atoms with Crippen molar-refractivity contribution >= 4 is 6.09 Å². The Hall–Kier alpha value is -0.770. The lowest BCUT2D eigenvalue weighted by Crippen LogP contribution is -2.42. The van der Waals surface area contributed by atoms with Crippen molar-refractivity contribution < 1.29 is 14.6 Å². The summed E-state index contributed by atoms with van der Waals surface area (Å²) in [5, 5.41) is 12.3. The van der Waals surface area contributed by atoms with E-state index in [0.717, 1.165) is 12.8 Å². The second-order valence-electron chi connectivity index (χ2n) is 5.40. The van der Waals surface area contributed by atoms with Gasteiger partial charge in [-0.2, -0.15) is 0 Å². The molecule has 1 rings (SSSR count). The number of rotatable bonds is 1. The van der Waals surface area contributed by atoms with E-state index in [-0.39, 0.29) is 6.04 Å². The zero-order valence-corrected chi connectivity index (χ0v) is 9.91. The van der Waals surface area contributed by atoms with Crippen LogP contribution in [0.5, 0.6) is 0 Å². The van der Waals surface area contributed by atoms with Gasteiger partial charge in [-0.1, -0.05) is 6.92 Å². The third-order valence-corrected chi connectivity index (χ3v) is 2.47. The molecule has 1 aliphatic rings. The van der Waals surface area contributed by atoms with Gasteiger partial charge in [0.25, 0.3) is 0 Å². The third-order valence-electron chi connectivity index (χ3n) is 2.47. The van der Waals surface area contributed by atoms with Crippen LogP contribution in [-0.2, 0) is 4.74 Å². The van der Waals surface area contributed by atoms with Crippen LogP contribution in [0.15, 0.2) is 0 Å². The summed E-state index contributed by atoms with van der Waals surface area (Å²) in [5.74, 6) is 0.458. The van der Waals surface area contributed by atoms with Gasteiger partial charge >= 0.3 is 6.09 Å². The molecule has 0 aromatic rings. The van der Waals surface area contributed by atoms with Crippen molar-refractivity contribution in [1.29, 1.82) is 0 Å². The van der Waals surface area contributed by atoms with Gasteiger partial charge in [0.2, 0.25) is 0 Å². The van der Waals surface area contributed by atoms with E-state index >= 15 is 0 Å². The Morgan fingerprint density at radius 1 is 1.40 bits per heavy atom. The molecular weight excluding hydrogens is 194 g/mol. The SMILES string of the molecule is CC1C[C@@H](O)[C@H](NC(=O)OC(C)(C)C)C1. The maximum absolute atomic E-state index is 11.4. The standard InChI is InChI=1S/C11H21NO3/c1-7-5-8(9(13)6-7)12-10(14)15-11(2,3)4/h7-9,13H,5-6H2,1-4H3,(H,12,14)/t7?,8-,9-/m1/s1. The molecule has 0 heterocycles.